The van der Waals surface area contributed by atoms with Gasteiger partial charge in [-0.25, -0.2) is 4.98 Å². The molecule has 0 spiro atoms. The number of para-hydroxylation sites is 1. The predicted octanol–water partition coefficient (Wildman–Crippen LogP) is 4.90. The van der Waals surface area contributed by atoms with Gasteiger partial charge in [0.1, 0.15) is 0 Å². The fraction of sp³-hybridized carbons (Fsp3) is 0.455. The first kappa shape index (κ1) is 18.3. The number of carbonyl (C=O) groups excluding carboxylic acids is 1. The summed E-state index contributed by atoms with van der Waals surface area (Å²) in [6, 6.07) is 13.1. The normalized spacial score (nSPS) is 21.6. The Labute approximate surface area is 173 Å². The lowest BCUT2D eigenvalue weighted by molar-refractivity contribution is -0.133. The number of thiazole rings is 1. The van der Waals surface area contributed by atoms with Crippen LogP contribution in [-0.4, -0.2) is 46.9 Å². The van der Waals surface area contributed by atoms with E-state index < -0.39 is 0 Å². The van der Waals surface area contributed by atoms with Crippen LogP contribution in [0.25, 0.3) is 10.2 Å². The molecule has 4 heterocycles. The van der Waals surface area contributed by atoms with Crippen LogP contribution in [0, 0.1) is 0 Å². The van der Waals surface area contributed by atoms with Gasteiger partial charge in [-0.1, -0.05) is 18.2 Å². The third-order valence-electron chi connectivity index (χ3n) is 6.08. The summed E-state index contributed by atoms with van der Waals surface area (Å²) in [5.41, 5.74) is 1.11. The Kier molecular flexibility index (Phi) is 5.18. The van der Waals surface area contributed by atoms with Gasteiger partial charge in [-0.2, -0.15) is 0 Å². The third kappa shape index (κ3) is 3.61. The number of aromatic nitrogens is 1. The molecule has 2 fully saturated rings. The molecule has 2 saturated heterocycles. The number of benzene rings is 1. The van der Waals surface area contributed by atoms with Crippen LogP contribution in [-0.2, 0) is 4.79 Å². The number of hydrogen-bond acceptors (Lipinski definition) is 5. The largest absolute Gasteiger partial charge is 0.342 e. The molecule has 6 heteroatoms. The molecule has 5 rings (SSSR count). The standard InChI is InChI=1S/C22H25N3OS2/c26-21(15-25-11-3-6-18(25)20-8-4-14-27-20)24-12-9-16(10-13-24)22-23-17-5-1-2-7-19(17)28-22/h1-2,4-5,7-8,14,16,18H,3,6,9-13,15H2/t18-/m1/s1. The summed E-state index contributed by atoms with van der Waals surface area (Å²) in [6.07, 6.45) is 4.42. The molecule has 3 aromatic rings. The summed E-state index contributed by atoms with van der Waals surface area (Å²) in [6.45, 7) is 3.32. The molecule has 2 aromatic heterocycles. The minimum atomic E-state index is 0.297. The van der Waals surface area contributed by atoms with E-state index in [4.69, 9.17) is 4.98 Å². The van der Waals surface area contributed by atoms with Crippen molar-refractivity contribution in [1.82, 2.24) is 14.8 Å². The number of fused-ring (bicyclic) bond motifs is 1. The highest BCUT2D eigenvalue weighted by Crippen LogP contribution is 2.36. The highest BCUT2D eigenvalue weighted by molar-refractivity contribution is 7.18. The molecule has 0 bridgehead atoms. The van der Waals surface area contributed by atoms with Crippen LogP contribution >= 0.6 is 22.7 Å². The summed E-state index contributed by atoms with van der Waals surface area (Å²) in [5.74, 6) is 0.790. The Morgan fingerprint density at radius 1 is 1.07 bits per heavy atom. The maximum Gasteiger partial charge on any atom is 0.236 e. The summed E-state index contributed by atoms with van der Waals surface area (Å²) in [4.78, 5) is 23.6. The lowest BCUT2D eigenvalue weighted by atomic mass is 9.97. The van der Waals surface area contributed by atoms with Gasteiger partial charge in [-0.15, -0.1) is 22.7 Å². The summed E-state index contributed by atoms with van der Waals surface area (Å²) in [5, 5.41) is 3.38. The Bertz CT molecular complexity index is 911. The van der Waals surface area contributed by atoms with Gasteiger partial charge in [0.25, 0.3) is 0 Å². The first-order valence-electron chi connectivity index (χ1n) is 10.2. The van der Waals surface area contributed by atoms with E-state index >= 15 is 0 Å². The van der Waals surface area contributed by atoms with Gasteiger partial charge < -0.3 is 4.90 Å². The van der Waals surface area contributed by atoms with Gasteiger partial charge in [0, 0.05) is 29.9 Å². The quantitative estimate of drug-likeness (QED) is 0.613. The van der Waals surface area contributed by atoms with Crippen molar-refractivity contribution in [2.75, 3.05) is 26.2 Å². The van der Waals surface area contributed by atoms with Crippen molar-refractivity contribution in [1.29, 1.82) is 0 Å². The number of piperidine rings is 1. The van der Waals surface area contributed by atoms with Crippen LogP contribution in [0.4, 0.5) is 0 Å². The van der Waals surface area contributed by atoms with E-state index in [9.17, 15) is 4.79 Å². The molecule has 0 unspecified atom stereocenters. The maximum absolute atomic E-state index is 12.9. The Morgan fingerprint density at radius 2 is 1.93 bits per heavy atom. The van der Waals surface area contributed by atoms with E-state index in [1.54, 1.807) is 0 Å². The van der Waals surface area contributed by atoms with E-state index in [0.29, 0.717) is 24.4 Å². The molecule has 2 aliphatic heterocycles. The smallest absolute Gasteiger partial charge is 0.236 e. The minimum Gasteiger partial charge on any atom is -0.342 e. The number of thiophene rings is 1. The predicted molar refractivity (Wildman–Crippen MR) is 116 cm³/mol. The fourth-order valence-electron chi connectivity index (χ4n) is 4.53. The van der Waals surface area contributed by atoms with Crippen LogP contribution in [0.15, 0.2) is 41.8 Å². The topological polar surface area (TPSA) is 36.4 Å². The van der Waals surface area contributed by atoms with Crippen molar-refractivity contribution < 1.29 is 4.79 Å². The molecule has 0 aliphatic carbocycles. The Hall–Kier alpha value is -1.76. The second-order valence-corrected chi connectivity index (χ2v) is 9.86. The number of carbonyl (C=O) groups is 1. The summed E-state index contributed by atoms with van der Waals surface area (Å²) >= 11 is 3.63. The van der Waals surface area contributed by atoms with E-state index in [0.717, 1.165) is 38.0 Å². The zero-order valence-corrected chi connectivity index (χ0v) is 17.6. The highest BCUT2D eigenvalue weighted by atomic mass is 32.1. The minimum absolute atomic E-state index is 0.297. The first-order chi connectivity index (χ1) is 13.8. The maximum atomic E-state index is 12.9. The molecular weight excluding hydrogens is 386 g/mol. The molecule has 0 N–H and O–H groups in total. The molecule has 4 nitrogen and oxygen atoms in total. The first-order valence-corrected chi connectivity index (χ1v) is 11.9. The number of likely N-dealkylation sites (tertiary alicyclic amines) is 2. The Balaban J connectivity index is 1.19. The number of amides is 1. The van der Waals surface area contributed by atoms with Crippen LogP contribution in [0.2, 0.25) is 0 Å². The highest BCUT2D eigenvalue weighted by Gasteiger charge is 2.31. The van der Waals surface area contributed by atoms with Crippen LogP contribution in [0.3, 0.4) is 0 Å². The number of nitrogens with zero attached hydrogens (tertiary/aromatic N) is 3. The summed E-state index contributed by atoms with van der Waals surface area (Å²) in [7, 11) is 0. The van der Waals surface area contributed by atoms with E-state index in [1.165, 1.54) is 27.4 Å². The molecule has 0 radical (unpaired) electrons. The third-order valence-corrected chi connectivity index (χ3v) is 8.25. The Morgan fingerprint density at radius 3 is 2.71 bits per heavy atom. The second kappa shape index (κ2) is 7.93. The lowest BCUT2D eigenvalue weighted by Crippen LogP contribution is -2.43. The van der Waals surface area contributed by atoms with Crippen molar-refractivity contribution in [3.63, 3.8) is 0 Å². The SMILES string of the molecule is O=C(CN1CCC[C@@H]1c1cccs1)N1CCC(c2nc3ccccc3s2)CC1. The molecule has 146 valence electrons. The van der Waals surface area contributed by atoms with Crippen molar-refractivity contribution in [3.05, 3.63) is 51.7 Å². The van der Waals surface area contributed by atoms with Crippen molar-refractivity contribution >= 4 is 38.8 Å². The molecule has 2 aliphatic rings. The van der Waals surface area contributed by atoms with Crippen LogP contribution in [0.1, 0.15) is 47.5 Å². The van der Waals surface area contributed by atoms with Gasteiger partial charge in [0.05, 0.1) is 21.8 Å². The van der Waals surface area contributed by atoms with Gasteiger partial charge in [0.15, 0.2) is 0 Å². The monoisotopic (exact) mass is 411 g/mol. The fourth-order valence-corrected chi connectivity index (χ4v) is 6.56. The van der Waals surface area contributed by atoms with E-state index in [-0.39, 0.29) is 0 Å². The van der Waals surface area contributed by atoms with Gasteiger partial charge in [-0.05, 0) is 55.8 Å². The molecule has 1 atom stereocenters. The molecular formula is C22H25N3OS2. The molecule has 1 aromatic carbocycles. The van der Waals surface area contributed by atoms with Gasteiger partial charge in [0.2, 0.25) is 5.91 Å². The van der Waals surface area contributed by atoms with Crippen molar-refractivity contribution in [3.8, 4) is 0 Å². The average molecular weight is 412 g/mol. The van der Waals surface area contributed by atoms with E-state index in [2.05, 4.69) is 51.6 Å². The van der Waals surface area contributed by atoms with Crippen LogP contribution in [0.5, 0.6) is 0 Å². The number of rotatable bonds is 4. The zero-order valence-electron chi connectivity index (χ0n) is 15.9. The van der Waals surface area contributed by atoms with Gasteiger partial charge >= 0.3 is 0 Å². The van der Waals surface area contributed by atoms with Gasteiger partial charge in [-0.3, -0.25) is 9.69 Å². The van der Waals surface area contributed by atoms with Crippen molar-refractivity contribution in [2.45, 2.75) is 37.6 Å². The second-order valence-electron chi connectivity index (χ2n) is 7.82. The molecule has 0 saturated carbocycles. The average Bonchev–Trinajstić information content (AvgIpc) is 3.47. The zero-order chi connectivity index (χ0) is 18.9. The van der Waals surface area contributed by atoms with Crippen LogP contribution < -0.4 is 0 Å². The van der Waals surface area contributed by atoms with E-state index in [1.807, 2.05) is 22.7 Å². The number of hydrogen-bond donors (Lipinski definition) is 0. The summed E-state index contributed by atoms with van der Waals surface area (Å²) < 4.78 is 1.27. The van der Waals surface area contributed by atoms with Crippen molar-refractivity contribution in [2.24, 2.45) is 0 Å². The molecule has 28 heavy (non-hydrogen) atoms. The lowest BCUT2D eigenvalue weighted by Gasteiger charge is -2.33. The molecule has 1 amide bonds.